The molecule has 10 N–H and O–H groups in total. The van der Waals surface area contributed by atoms with Crippen molar-refractivity contribution < 1.29 is 86.8 Å². The van der Waals surface area contributed by atoms with E-state index in [1.807, 2.05) is 27.7 Å². The Morgan fingerprint density at radius 3 is 2.11 bits per heavy atom. The molecule has 0 aromatic carbocycles. The zero-order valence-electron chi connectivity index (χ0n) is 33.6. The van der Waals surface area contributed by atoms with Crippen molar-refractivity contribution in [3.63, 3.8) is 0 Å². The molecule has 6 rings (SSSR count). The molecule has 0 aromatic heterocycles. The van der Waals surface area contributed by atoms with Crippen molar-refractivity contribution in [2.75, 3.05) is 20.3 Å². The van der Waals surface area contributed by atoms with Crippen LogP contribution in [0.3, 0.4) is 0 Å². The topological polar surface area (TPSA) is 292 Å². The molecule has 0 spiro atoms. The highest BCUT2D eigenvalue weighted by Gasteiger charge is 2.75. The van der Waals surface area contributed by atoms with Gasteiger partial charge in [-0.25, -0.2) is 4.18 Å². The molecule has 18 nitrogen and oxygen atoms in total. The Hall–Kier alpha value is -0.690. The molecule has 6 fully saturated rings. The summed E-state index contributed by atoms with van der Waals surface area (Å²) in [4.78, 5) is 0. The van der Waals surface area contributed by atoms with Gasteiger partial charge in [0.1, 0.15) is 54.4 Å². The monoisotopic (exact) mass is 842 g/mol. The van der Waals surface area contributed by atoms with Crippen LogP contribution < -0.4 is 0 Å². The van der Waals surface area contributed by atoms with Crippen LogP contribution in [-0.2, 0) is 38.3 Å². The predicted molar refractivity (Wildman–Crippen MR) is 196 cm³/mol. The van der Waals surface area contributed by atoms with Gasteiger partial charge in [0.15, 0.2) is 12.6 Å². The molecule has 0 amide bonds. The van der Waals surface area contributed by atoms with Gasteiger partial charge in [0.05, 0.1) is 37.6 Å². The Balaban J connectivity index is 1.19. The number of aliphatic hydroxyl groups is 9. The number of aliphatic hydroxyl groups excluding tert-OH is 8. The van der Waals surface area contributed by atoms with E-state index in [9.17, 15) is 58.9 Å². The largest absolute Gasteiger partial charge is 0.397 e. The second kappa shape index (κ2) is 16.9. The number of fused-ring (bicyclic) bond motifs is 5. The molecule has 2 saturated heterocycles. The van der Waals surface area contributed by atoms with Gasteiger partial charge in [-0.2, -0.15) is 8.42 Å². The summed E-state index contributed by atoms with van der Waals surface area (Å²) in [6.45, 7) is 8.98. The third-order valence-corrected chi connectivity index (χ3v) is 15.7. The average molecular weight is 843 g/mol. The van der Waals surface area contributed by atoms with Crippen LogP contribution in [0.1, 0.15) is 79.6 Å². The molecule has 0 unspecified atom stereocenters. The van der Waals surface area contributed by atoms with E-state index in [-0.39, 0.29) is 43.6 Å². The van der Waals surface area contributed by atoms with Gasteiger partial charge in [-0.05, 0) is 79.4 Å². The van der Waals surface area contributed by atoms with Gasteiger partial charge in [-0.1, -0.05) is 34.6 Å². The van der Waals surface area contributed by atoms with Crippen molar-refractivity contribution >= 4 is 10.4 Å². The summed E-state index contributed by atoms with van der Waals surface area (Å²) in [7, 11) is -3.86. The van der Waals surface area contributed by atoms with Crippen LogP contribution in [0.4, 0.5) is 0 Å². The van der Waals surface area contributed by atoms with Crippen LogP contribution in [0, 0.1) is 46.3 Å². The molecule has 0 radical (unpaired) electrons. The summed E-state index contributed by atoms with van der Waals surface area (Å²) in [5, 5.41) is 100. The average Bonchev–Trinajstić information content (AvgIpc) is 3.58. The smallest absolute Gasteiger partial charge is 0.394 e. The van der Waals surface area contributed by atoms with E-state index in [1.165, 1.54) is 7.11 Å². The van der Waals surface area contributed by atoms with Crippen LogP contribution in [0.15, 0.2) is 0 Å². The van der Waals surface area contributed by atoms with Gasteiger partial charge in [-0.3, -0.25) is 4.55 Å². The van der Waals surface area contributed by atoms with Crippen molar-refractivity contribution in [1.29, 1.82) is 0 Å². The van der Waals surface area contributed by atoms with Crippen molar-refractivity contribution in [3.05, 3.63) is 0 Å². The first-order valence-corrected chi connectivity index (χ1v) is 21.8. The van der Waals surface area contributed by atoms with Crippen molar-refractivity contribution in [3.8, 4) is 0 Å². The maximum absolute atomic E-state index is 12.9. The first-order valence-electron chi connectivity index (χ1n) is 20.4. The molecule has 0 bridgehead atoms. The van der Waals surface area contributed by atoms with Crippen molar-refractivity contribution in [2.24, 2.45) is 46.3 Å². The quantitative estimate of drug-likeness (QED) is 0.0979. The lowest BCUT2D eigenvalue weighted by molar-refractivity contribution is -0.318. The summed E-state index contributed by atoms with van der Waals surface area (Å²) in [6, 6.07) is 0. The standard InChI is InChI=1S/C38H66O18S/c1-16(2)22(53-35-31(27(44)23(14-39)54-35)55-34-28(45)29(51-6)21(42)15-52-34)8-7-17(3)18-13-20(41)32-36(18,4)12-10-24-37(5)11-9-19(40)26(43)25(37)30(56-57(48,49)50)33(46)38(24,32)47/h16-35,39-47H,7-15H2,1-6H3,(H,48,49,50)/t17-,18-,19+,20-,21-,22+,23+,24-,25-,26+,27+,28-,29+,30-,31-,32-,33-,34+,35-,36-,37-,38+/m1/s1. The summed E-state index contributed by atoms with van der Waals surface area (Å²) < 4.78 is 68.2. The first-order chi connectivity index (χ1) is 26.5. The molecule has 4 saturated carbocycles. The molecular weight excluding hydrogens is 776 g/mol. The van der Waals surface area contributed by atoms with E-state index in [0.29, 0.717) is 25.7 Å². The number of hydrogen-bond acceptors (Lipinski definition) is 17. The molecule has 4 aliphatic carbocycles. The fourth-order valence-corrected chi connectivity index (χ4v) is 13.0. The number of rotatable bonds is 13. The lowest BCUT2D eigenvalue weighted by Gasteiger charge is -2.68. The number of ether oxygens (including phenoxy) is 5. The molecular formula is C38H66O18S. The van der Waals surface area contributed by atoms with Crippen LogP contribution in [-0.4, -0.2) is 171 Å². The Bertz CT molecular complexity index is 1490. The Labute approximate surface area is 334 Å². The summed E-state index contributed by atoms with van der Waals surface area (Å²) >= 11 is 0. The normalized spacial score (nSPS) is 51.3. The van der Waals surface area contributed by atoms with Gasteiger partial charge in [0.25, 0.3) is 0 Å². The zero-order valence-corrected chi connectivity index (χ0v) is 34.4. The minimum atomic E-state index is -5.19. The third-order valence-electron chi connectivity index (χ3n) is 15.2. The van der Waals surface area contributed by atoms with Gasteiger partial charge in [-0.15, -0.1) is 0 Å². The lowest BCUT2D eigenvalue weighted by atomic mass is 9.40. The van der Waals surface area contributed by atoms with E-state index in [4.69, 9.17) is 27.9 Å². The molecule has 332 valence electrons. The number of methoxy groups -OCH3 is 1. The highest BCUT2D eigenvalue weighted by Crippen LogP contribution is 2.70. The maximum Gasteiger partial charge on any atom is 0.397 e. The van der Waals surface area contributed by atoms with Crippen LogP contribution >= 0.6 is 0 Å². The van der Waals surface area contributed by atoms with Crippen molar-refractivity contribution in [2.45, 2.75) is 171 Å². The maximum atomic E-state index is 12.9. The summed E-state index contributed by atoms with van der Waals surface area (Å²) in [5.41, 5.74) is -3.86. The predicted octanol–water partition coefficient (Wildman–Crippen LogP) is -1.15. The molecule has 57 heavy (non-hydrogen) atoms. The van der Waals surface area contributed by atoms with Gasteiger partial charge >= 0.3 is 10.4 Å². The van der Waals surface area contributed by atoms with E-state index in [2.05, 4.69) is 0 Å². The summed E-state index contributed by atoms with van der Waals surface area (Å²) in [5.74, 6) is -3.11. The molecule has 0 aromatic rings. The second-order valence-corrected chi connectivity index (χ2v) is 19.7. The molecule has 19 heteroatoms. The molecule has 2 heterocycles. The van der Waals surface area contributed by atoms with Crippen LogP contribution in [0.5, 0.6) is 0 Å². The molecule has 2 aliphatic heterocycles. The Morgan fingerprint density at radius 2 is 1.49 bits per heavy atom. The fraction of sp³-hybridized carbons (Fsp3) is 1.00. The Morgan fingerprint density at radius 1 is 0.825 bits per heavy atom. The van der Waals surface area contributed by atoms with Crippen molar-refractivity contribution in [1.82, 2.24) is 0 Å². The SMILES string of the molecule is CO[C@@H]1[C@@H](O)[C@H](O[C@H]2[C@H](O[C@@H](CC[C@@H](C)[C@H]3C[C@@H](O)[C@@H]4[C@]3(C)CC[C@@H]3[C@@]5(C)CC[C@H](O)[C@H](O)[C@@H]5[C@@H](OS(=O)(=O)O)[C@@H](O)[C@]34O)C(C)C)O[C@@H](CO)[C@@H]2O)OC[C@H]1O. The van der Waals surface area contributed by atoms with Crippen LogP contribution in [0.25, 0.3) is 0 Å². The van der Waals surface area contributed by atoms with Gasteiger partial charge < -0.3 is 69.6 Å². The fourth-order valence-electron chi connectivity index (χ4n) is 12.5. The van der Waals surface area contributed by atoms with Gasteiger partial charge in [0.2, 0.25) is 0 Å². The van der Waals surface area contributed by atoms with E-state index >= 15 is 0 Å². The van der Waals surface area contributed by atoms with E-state index in [1.54, 1.807) is 6.92 Å². The summed E-state index contributed by atoms with van der Waals surface area (Å²) in [6.07, 6.45) is -14.9. The minimum absolute atomic E-state index is 0.0693. The second-order valence-electron chi connectivity index (χ2n) is 18.7. The minimum Gasteiger partial charge on any atom is -0.394 e. The highest BCUT2D eigenvalue weighted by molar-refractivity contribution is 7.80. The van der Waals surface area contributed by atoms with E-state index < -0.39 is 137 Å². The highest BCUT2D eigenvalue weighted by atomic mass is 32.3. The Kier molecular flexibility index (Phi) is 13.6. The lowest BCUT2D eigenvalue weighted by Crippen LogP contribution is -2.77. The third kappa shape index (κ3) is 7.98. The first kappa shape index (κ1) is 45.8. The van der Waals surface area contributed by atoms with Gasteiger partial charge in [0, 0.05) is 18.9 Å². The molecule has 22 atom stereocenters. The number of hydrogen-bond donors (Lipinski definition) is 10. The van der Waals surface area contributed by atoms with E-state index in [0.717, 1.165) is 0 Å². The van der Waals surface area contributed by atoms with Crippen LogP contribution in [0.2, 0.25) is 0 Å². The zero-order chi connectivity index (χ0) is 42.2. The molecule has 6 aliphatic rings.